The Hall–Kier alpha value is -1.29. The Bertz CT molecular complexity index is 452. The maximum absolute atomic E-state index is 12.3. The first-order valence-corrected chi connectivity index (χ1v) is 8.61. The molecule has 1 aliphatic carbocycles. The Morgan fingerprint density at radius 2 is 2.14 bits per heavy atom. The largest absolute Gasteiger partial charge is 0.469 e. The van der Waals surface area contributed by atoms with Crippen molar-refractivity contribution in [2.75, 3.05) is 19.6 Å². The number of furan rings is 1. The van der Waals surface area contributed by atoms with Crippen LogP contribution in [0.5, 0.6) is 0 Å². The smallest absolute Gasteiger partial charge is 0.223 e. The number of carbonyl (C=O) groups is 1. The number of nitrogens with one attached hydrogen (secondary N) is 1. The Morgan fingerprint density at radius 1 is 1.41 bits per heavy atom. The average Bonchev–Trinajstić information content (AvgIpc) is 3.10. The molecule has 0 saturated heterocycles. The van der Waals surface area contributed by atoms with E-state index in [0.29, 0.717) is 12.0 Å². The van der Waals surface area contributed by atoms with Crippen LogP contribution in [0.4, 0.5) is 0 Å². The molecule has 1 fully saturated rings. The first kappa shape index (κ1) is 17.1. The van der Waals surface area contributed by atoms with Crippen molar-refractivity contribution >= 4 is 5.91 Å². The lowest BCUT2D eigenvalue weighted by Crippen LogP contribution is -2.45. The molecular weight excluding hydrogens is 276 g/mol. The van der Waals surface area contributed by atoms with Crippen LogP contribution in [-0.4, -0.2) is 36.5 Å². The highest BCUT2D eigenvalue weighted by molar-refractivity contribution is 5.82. The molecule has 1 aromatic heterocycles. The van der Waals surface area contributed by atoms with Crippen LogP contribution in [0.3, 0.4) is 0 Å². The van der Waals surface area contributed by atoms with Crippen LogP contribution < -0.4 is 5.32 Å². The minimum atomic E-state index is 0.0996. The van der Waals surface area contributed by atoms with Gasteiger partial charge in [-0.05, 0) is 44.0 Å². The molecule has 0 spiro atoms. The fourth-order valence-electron chi connectivity index (χ4n) is 3.30. The fraction of sp³-hybridized carbons (Fsp3) is 0.722. The SMILES string of the molecule is CCN(CC)[C@H](CNC(=O)[C@H]1C[C@@H]1c1ccco1)CC(C)C. The lowest BCUT2D eigenvalue weighted by Gasteiger charge is -2.31. The lowest BCUT2D eigenvalue weighted by molar-refractivity contribution is -0.122. The summed E-state index contributed by atoms with van der Waals surface area (Å²) in [6, 6.07) is 4.29. The third-order valence-electron chi connectivity index (χ3n) is 4.62. The molecule has 0 bridgehead atoms. The molecule has 22 heavy (non-hydrogen) atoms. The summed E-state index contributed by atoms with van der Waals surface area (Å²) in [5.74, 6) is 2.15. The highest BCUT2D eigenvalue weighted by Gasteiger charge is 2.45. The van der Waals surface area contributed by atoms with Gasteiger partial charge in [0, 0.05) is 24.4 Å². The molecule has 1 aliphatic rings. The minimum absolute atomic E-state index is 0.0996. The van der Waals surface area contributed by atoms with Crippen LogP contribution in [0.2, 0.25) is 0 Å². The van der Waals surface area contributed by atoms with Crippen LogP contribution >= 0.6 is 0 Å². The van der Waals surface area contributed by atoms with Crippen molar-refractivity contribution in [3.05, 3.63) is 24.2 Å². The zero-order valence-electron chi connectivity index (χ0n) is 14.3. The van der Waals surface area contributed by atoms with Crippen molar-refractivity contribution in [2.24, 2.45) is 11.8 Å². The van der Waals surface area contributed by atoms with Gasteiger partial charge in [0.05, 0.1) is 6.26 Å². The Morgan fingerprint density at radius 3 is 2.68 bits per heavy atom. The lowest BCUT2D eigenvalue weighted by atomic mass is 10.0. The predicted molar refractivity (Wildman–Crippen MR) is 88.7 cm³/mol. The molecule has 1 aromatic rings. The molecule has 1 amide bonds. The topological polar surface area (TPSA) is 45.5 Å². The van der Waals surface area contributed by atoms with Gasteiger partial charge >= 0.3 is 0 Å². The molecule has 0 aliphatic heterocycles. The number of nitrogens with zero attached hydrogens (tertiary/aromatic N) is 1. The maximum Gasteiger partial charge on any atom is 0.223 e. The summed E-state index contributed by atoms with van der Waals surface area (Å²) in [5.41, 5.74) is 0. The molecule has 0 aromatic carbocycles. The Labute approximate surface area is 134 Å². The van der Waals surface area contributed by atoms with Crippen molar-refractivity contribution in [1.29, 1.82) is 0 Å². The summed E-state index contributed by atoms with van der Waals surface area (Å²) in [4.78, 5) is 14.8. The number of rotatable bonds is 9. The van der Waals surface area contributed by atoms with Gasteiger partial charge in [-0.1, -0.05) is 27.7 Å². The number of hydrogen-bond donors (Lipinski definition) is 1. The van der Waals surface area contributed by atoms with Gasteiger partial charge in [0.1, 0.15) is 5.76 Å². The van der Waals surface area contributed by atoms with Crippen molar-refractivity contribution < 1.29 is 9.21 Å². The van der Waals surface area contributed by atoms with Crippen LogP contribution in [0.1, 0.15) is 52.2 Å². The maximum atomic E-state index is 12.3. The van der Waals surface area contributed by atoms with Crippen molar-refractivity contribution in [3.8, 4) is 0 Å². The third kappa shape index (κ3) is 4.35. The summed E-state index contributed by atoms with van der Waals surface area (Å²) in [5, 5.41) is 3.17. The molecule has 3 atom stereocenters. The van der Waals surface area contributed by atoms with E-state index in [2.05, 4.69) is 37.9 Å². The van der Waals surface area contributed by atoms with E-state index in [1.165, 1.54) is 0 Å². The van der Waals surface area contributed by atoms with E-state index >= 15 is 0 Å². The van der Waals surface area contributed by atoms with E-state index in [4.69, 9.17) is 4.42 Å². The van der Waals surface area contributed by atoms with Gasteiger partial charge in [-0.3, -0.25) is 9.69 Å². The molecule has 4 nitrogen and oxygen atoms in total. The minimum Gasteiger partial charge on any atom is -0.469 e. The van der Waals surface area contributed by atoms with E-state index in [1.807, 2.05) is 12.1 Å². The Balaban J connectivity index is 1.83. The van der Waals surface area contributed by atoms with Crippen LogP contribution in [0.25, 0.3) is 0 Å². The predicted octanol–water partition coefficient (Wildman–Crippen LogP) is 3.26. The van der Waals surface area contributed by atoms with E-state index in [0.717, 1.165) is 38.2 Å². The highest BCUT2D eigenvalue weighted by atomic mass is 16.3. The summed E-state index contributed by atoms with van der Waals surface area (Å²) in [6.07, 6.45) is 3.72. The molecule has 4 heteroatoms. The zero-order chi connectivity index (χ0) is 16.1. The van der Waals surface area contributed by atoms with Crippen molar-refractivity contribution in [2.45, 2.75) is 52.5 Å². The standard InChI is InChI=1S/C18H30N2O2/c1-5-20(6-2)14(10-13(3)4)12-19-18(21)16-11-15(16)17-8-7-9-22-17/h7-9,13-16H,5-6,10-12H2,1-4H3,(H,19,21)/t14-,15-,16-/m0/s1. The van der Waals surface area contributed by atoms with Crippen molar-refractivity contribution in [3.63, 3.8) is 0 Å². The molecule has 0 radical (unpaired) electrons. The van der Waals surface area contributed by atoms with Crippen molar-refractivity contribution in [1.82, 2.24) is 10.2 Å². The molecule has 2 rings (SSSR count). The van der Waals surface area contributed by atoms with Gasteiger partial charge in [-0.25, -0.2) is 0 Å². The summed E-state index contributed by atoms with van der Waals surface area (Å²) in [7, 11) is 0. The number of amides is 1. The molecule has 1 N–H and O–H groups in total. The molecular formula is C18H30N2O2. The number of carbonyl (C=O) groups excluding carboxylic acids is 1. The van der Waals surface area contributed by atoms with Gasteiger partial charge in [-0.15, -0.1) is 0 Å². The van der Waals surface area contributed by atoms with Gasteiger partial charge in [0.15, 0.2) is 0 Å². The summed E-state index contributed by atoms with van der Waals surface area (Å²) in [6.45, 7) is 11.7. The molecule has 1 heterocycles. The number of hydrogen-bond acceptors (Lipinski definition) is 3. The number of likely N-dealkylation sites (N-methyl/N-ethyl adjacent to an activating group) is 1. The van der Waals surface area contributed by atoms with E-state index in [9.17, 15) is 4.79 Å². The third-order valence-corrected chi connectivity index (χ3v) is 4.62. The fourth-order valence-corrected chi connectivity index (χ4v) is 3.30. The van der Waals surface area contributed by atoms with Gasteiger partial charge in [0.2, 0.25) is 5.91 Å². The summed E-state index contributed by atoms with van der Waals surface area (Å²) >= 11 is 0. The first-order chi connectivity index (χ1) is 10.6. The second-order valence-corrected chi connectivity index (χ2v) is 6.71. The molecule has 0 unspecified atom stereocenters. The quantitative estimate of drug-likeness (QED) is 0.761. The van der Waals surface area contributed by atoms with Gasteiger partial charge < -0.3 is 9.73 Å². The molecule has 124 valence electrons. The second-order valence-electron chi connectivity index (χ2n) is 6.71. The van der Waals surface area contributed by atoms with E-state index in [1.54, 1.807) is 6.26 Å². The summed E-state index contributed by atoms with van der Waals surface area (Å²) < 4.78 is 5.40. The van der Waals surface area contributed by atoms with Gasteiger partial charge in [0.25, 0.3) is 0 Å². The van der Waals surface area contributed by atoms with Crippen LogP contribution in [0.15, 0.2) is 22.8 Å². The highest BCUT2D eigenvalue weighted by Crippen LogP contribution is 2.47. The van der Waals surface area contributed by atoms with E-state index < -0.39 is 0 Å². The average molecular weight is 306 g/mol. The zero-order valence-corrected chi connectivity index (χ0v) is 14.3. The first-order valence-electron chi connectivity index (χ1n) is 8.61. The van der Waals surface area contributed by atoms with Crippen LogP contribution in [0, 0.1) is 11.8 Å². The normalized spacial score (nSPS) is 22.1. The van der Waals surface area contributed by atoms with Gasteiger partial charge in [-0.2, -0.15) is 0 Å². The monoisotopic (exact) mass is 306 g/mol. The van der Waals surface area contributed by atoms with E-state index in [-0.39, 0.29) is 17.7 Å². The Kier molecular flexibility index (Phi) is 6.07. The van der Waals surface area contributed by atoms with Crippen LogP contribution in [-0.2, 0) is 4.79 Å². The second kappa shape index (κ2) is 7.82. The molecule has 1 saturated carbocycles.